The Morgan fingerprint density at radius 2 is 1.59 bits per heavy atom. The number of ether oxygens (including phenoxy) is 2. The lowest BCUT2D eigenvalue weighted by Gasteiger charge is -2.22. The van der Waals surface area contributed by atoms with Crippen molar-refractivity contribution in [3.63, 3.8) is 0 Å². The highest BCUT2D eigenvalue weighted by Crippen LogP contribution is 2.36. The van der Waals surface area contributed by atoms with E-state index in [0.29, 0.717) is 34.9 Å². The highest BCUT2D eigenvalue weighted by atomic mass is 16.5. The van der Waals surface area contributed by atoms with Crippen LogP contribution in [0.5, 0.6) is 17.2 Å². The third-order valence-electron chi connectivity index (χ3n) is 5.94. The molecule has 39 heavy (non-hydrogen) atoms. The van der Waals surface area contributed by atoms with Crippen LogP contribution in [0, 0.1) is 5.41 Å². The molecule has 0 aliphatic rings. The molecule has 1 unspecified atom stereocenters. The maximum absolute atomic E-state index is 13.4. The van der Waals surface area contributed by atoms with Gasteiger partial charge in [0.05, 0.1) is 7.11 Å². The van der Waals surface area contributed by atoms with Crippen molar-refractivity contribution in [2.75, 3.05) is 12.4 Å². The molecular weight excluding hydrogens is 496 g/mol. The van der Waals surface area contributed by atoms with E-state index in [1.807, 2.05) is 30.3 Å². The number of anilines is 1. The Balaban J connectivity index is 1.63. The standard InChI is InChI=1S/C30H28N4O5/c1-38-26-17-21(13-16-25(26)39-24-10-6-5-9-23(24)30(36)37)27(29(35)33-18-19-7-3-2-4-8-19)34-22-14-11-20(12-15-22)28(31)32/h2-17,27,34H,18H2,1H3,(H3,31,32)(H,33,35)(H,36,37). The van der Waals surface area contributed by atoms with Crippen molar-refractivity contribution in [1.29, 1.82) is 5.41 Å². The van der Waals surface area contributed by atoms with E-state index in [1.54, 1.807) is 60.7 Å². The third-order valence-corrected chi connectivity index (χ3v) is 5.94. The first-order valence-electron chi connectivity index (χ1n) is 12.1. The molecule has 0 radical (unpaired) electrons. The highest BCUT2D eigenvalue weighted by molar-refractivity contribution is 5.95. The average Bonchev–Trinajstić information content (AvgIpc) is 2.96. The fraction of sp³-hybridized carbons (Fsp3) is 0.100. The van der Waals surface area contributed by atoms with Gasteiger partial charge in [0.1, 0.15) is 23.2 Å². The van der Waals surface area contributed by atoms with Gasteiger partial charge in [-0.1, -0.05) is 48.5 Å². The van der Waals surface area contributed by atoms with Gasteiger partial charge >= 0.3 is 5.97 Å². The SMILES string of the molecule is COc1cc(C(Nc2ccc(C(=N)N)cc2)C(=O)NCc2ccccc2)ccc1Oc1ccccc1C(=O)O. The predicted molar refractivity (Wildman–Crippen MR) is 149 cm³/mol. The minimum Gasteiger partial charge on any atom is -0.493 e. The Kier molecular flexibility index (Phi) is 8.43. The fourth-order valence-electron chi connectivity index (χ4n) is 3.90. The van der Waals surface area contributed by atoms with Crippen molar-refractivity contribution in [1.82, 2.24) is 5.32 Å². The maximum atomic E-state index is 13.4. The largest absolute Gasteiger partial charge is 0.493 e. The quantitative estimate of drug-likeness (QED) is 0.138. The number of benzene rings is 4. The smallest absolute Gasteiger partial charge is 0.339 e. The van der Waals surface area contributed by atoms with Crippen molar-refractivity contribution < 1.29 is 24.2 Å². The van der Waals surface area contributed by atoms with Crippen LogP contribution < -0.4 is 25.8 Å². The van der Waals surface area contributed by atoms with Crippen LogP contribution in [-0.2, 0) is 11.3 Å². The molecule has 0 aliphatic heterocycles. The van der Waals surface area contributed by atoms with Gasteiger partial charge < -0.3 is 30.9 Å². The molecule has 4 aromatic carbocycles. The molecule has 0 saturated carbocycles. The molecule has 4 aromatic rings. The van der Waals surface area contributed by atoms with E-state index < -0.39 is 12.0 Å². The van der Waals surface area contributed by atoms with Crippen LogP contribution in [-0.4, -0.2) is 29.9 Å². The molecule has 0 heterocycles. The van der Waals surface area contributed by atoms with Gasteiger partial charge in [0.25, 0.3) is 0 Å². The molecular formula is C30H28N4O5. The van der Waals surface area contributed by atoms with Crippen LogP contribution in [0.4, 0.5) is 5.69 Å². The van der Waals surface area contributed by atoms with Gasteiger partial charge in [-0.25, -0.2) is 4.79 Å². The van der Waals surface area contributed by atoms with E-state index in [-0.39, 0.29) is 23.1 Å². The van der Waals surface area contributed by atoms with E-state index in [2.05, 4.69) is 10.6 Å². The molecule has 198 valence electrons. The van der Waals surface area contributed by atoms with Crippen molar-refractivity contribution in [3.8, 4) is 17.2 Å². The first-order chi connectivity index (χ1) is 18.9. The number of carbonyl (C=O) groups excluding carboxylic acids is 1. The number of nitrogen functional groups attached to an aromatic ring is 1. The van der Waals surface area contributed by atoms with Crippen molar-refractivity contribution in [2.24, 2.45) is 5.73 Å². The molecule has 4 rings (SSSR count). The van der Waals surface area contributed by atoms with Crippen LogP contribution in [0.25, 0.3) is 0 Å². The van der Waals surface area contributed by atoms with Crippen molar-refractivity contribution >= 4 is 23.4 Å². The Morgan fingerprint density at radius 1 is 0.897 bits per heavy atom. The second kappa shape index (κ2) is 12.3. The summed E-state index contributed by atoms with van der Waals surface area (Å²) in [5.41, 5.74) is 8.33. The lowest BCUT2D eigenvalue weighted by molar-refractivity contribution is -0.122. The molecule has 0 spiro atoms. The Hall–Kier alpha value is -5.31. The highest BCUT2D eigenvalue weighted by Gasteiger charge is 2.23. The Bertz CT molecular complexity index is 1470. The molecule has 1 amide bonds. The summed E-state index contributed by atoms with van der Waals surface area (Å²) < 4.78 is 11.4. The average molecular weight is 525 g/mol. The van der Waals surface area contributed by atoms with Gasteiger partial charge in [-0.05, 0) is 59.7 Å². The number of hydrogen-bond donors (Lipinski definition) is 5. The van der Waals surface area contributed by atoms with Gasteiger partial charge in [-0.2, -0.15) is 0 Å². The van der Waals surface area contributed by atoms with Gasteiger partial charge in [0.15, 0.2) is 11.5 Å². The molecule has 0 aromatic heterocycles. The van der Waals surface area contributed by atoms with E-state index >= 15 is 0 Å². The van der Waals surface area contributed by atoms with Crippen LogP contribution in [0.2, 0.25) is 0 Å². The number of nitrogens with one attached hydrogen (secondary N) is 3. The number of rotatable bonds is 11. The summed E-state index contributed by atoms with van der Waals surface area (Å²) >= 11 is 0. The summed E-state index contributed by atoms with van der Waals surface area (Å²) in [7, 11) is 1.47. The van der Waals surface area contributed by atoms with Gasteiger partial charge in [-0.15, -0.1) is 0 Å². The summed E-state index contributed by atoms with van der Waals surface area (Å²) in [6.07, 6.45) is 0. The summed E-state index contributed by atoms with van der Waals surface area (Å²) in [6.45, 7) is 0.339. The van der Waals surface area contributed by atoms with Gasteiger partial charge in [0, 0.05) is 17.8 Å². The maximum Gasteiger partial charge on any atom is 0.339 e. The first kappa shape index (κ1) is 26.7. The third kappa shape index (κ3) is 6.72. The monoisotopic (exact) mass is 524 g/mol. The Morgan fingerprint density at radius 3 is 2.26 bits per heavy atom. The van der Waals surface area contributed by atoms with E-state index in [9.17, 15) is 14.7 Å². The van der Waals surface area contributed by atoms with Gasteiger partial charge in [-0.3, -0.25) is 10.2 Å². The van der Waals surface area contributed by atoms with Crippen molar-refractivity contribution in [3.05, 3.63) is 119 Å². The lowest BCUT2D eigenvalue weighted by atomic mass is 10.0. The second-order valence-electron chi connectivity index (χ2n) is 8.59. The molecule has 0 saturated heterocycles. The van der Waals surface area contributed by atoms with Gasteiger partial charge in [0.2, 0.25) is 5.91 Å². The van der Waals surface area contributed by atoms with Crippen LogP contribution in [0.15, 0.2) is 97.1 Å². The number of amidine groups is 1. The molecule has 0 fully saturated rings. The van der Waals surface area contributed by atoms with E-state index in [4.69, 9.17) is 20.6 Å². The van der Waals surface area contributed by atoms with E-state index in [0.717, 1.165) is 5.56 Å². The number of carboxylic acid groups (broad SMARTS) is 1. The van der Waals surface area contributed by atoms with E-state index in [1.165, 1.54) is 13.2 Å². The Labute approximate surface area is 225 Å². The summed E-state index contributed by atoms with van der Waals surface area (Å²) in [5, 5.41) is 23.3. The normalized spacial score (nSPS) is 11.2. The van der Waals surface area contributed by atoms with Crippen molar-refractivity contribution in [2.45, 2.75) is 12.6 Å². The topological polar surface area (TPSA) is 147 Å². The first-order valence-corrected chi connectivity index (χ1v) is 12.1. The zero-order valence-corrected chi connectivity index (χ0v) is 21.2. The lowest BCUT2D eigenvalue weighted by Crippen LogP contribution is -2.33. The number of aromatic carboxylic acids is 1. The molecule has 9 nitrogen and oxygen atoms in total. The molecule has 9 heteroatoms. The number of methoxy groups -OCH3 is 1. The number of para-hydroxylation sites is 1. The zero-order chi connectivity index (χ0) is 27.8. The molecule has 0 aliphatic carbocycles. The molecule has 6 N–H and O–H groups in total. The fourth-order valence-corrected chi connectivity index (χ4v) is 3.90. The molecule has 1 atom stereocenters. The summed E-state index contributed by atoms with van der Waals surface area (Å²) in [4.78, 5) is 25.0. The zero-order valence-electron chi connectivity index (χ0n) is 21.2. The summed E-state index contributed by atoms with van der Waals surface area (Å²) in [6, 6.07) is 26.9. The summed E-state index contributed by atoms with van der Waals surface area (Å²) in [5.74, 6) is -0.662. The van der Waals surface area contributed by atoms with Crippen LogP contribution >= 0.6 is 0 Å². The van der Waals surface area contributed by atoms with Crippen LogP contribution in [0.1, 0.15) is 33.1 Å². The van der Waals surface area contributed by atoms with Crippen LogP contribution in [0.3, 0.4) is 0 Å². The predicted octanol–water partition coefficient (Wildman–Crippen LogP) is 4.94. The minimum absolute atomic E-state index is 0.0115. The number of amides is 1. The minimum atomic E-state index is -1.11. The number of carbonyl (C=O) groups is 2. The second-order valence-corrected chi connectivity index (χ2v) is 8.59. The number of nitrogens with two attached hydrogens (primary N) is 1. The number of hydrogen-bond acceptors (Lipinski definition) is 6. The number of carboxylic acids is 1. The molecule has 0 bridgehead atoms.